The van der Waals surface area contributed by atoms with Crippen molar-refractivity contribution >= 4 is 0 Å². The van der Waals surface area contributed by atoms with Crippen LogP contribution in [0.25, 0.3) is 0 Å². The van der Waals surface area contributed by atoms with Gasteiger partial charge in [0, 0.05) is 24.8 Å². The molecule has 2 aromatic rings. The molecule has 0 radical (unpaired) electrons. The number of nitrogens with zero attached hydrogens (tertiary/aromatic N) is 2. The first kappa shape index (κ1) is 13.2. The molecule has 2 unspecified atom stereocenters. The number of rotatable bonds is 3. The van der Waals surface area contributed by atoms with Crippen molar-refractivity contribution in [3.63, 3.8) is 0 Å². The molecule has 5 heteroatoms. The molecule has 0 aliphatic rings. The average molecular weight is 234 g/mol. The maximum absolute atomic E-state index is 9.94. The van der Waals surface area contributed by atoms with E-state index < -0.39 is 12.2 Å². The summed E-state index contributed by atoms with van der Waals surface area (Å²) in [4.78, 5) is 7.71. The Morgan fingerprint density at radius 3 is 1.29 bits per heavy atom. The van der Waals surface area contributed by atoms with Gasteiger partial charge in [-0.2, -0.15) is 0 Å². The van der Waals surface area contributed by atoms with Gasteiger partial charge in [0.15, 0.2) is 0 Å². The third kappa shape index (κ3) is 3.07. The van der Waals surface area contributed by atoms with Crippen molar-refractivity contribution < 1.29 is 15.7 Å². The minimum atomic E-state index is -0.953. The summed E-state index contributed by atoms with van der Waals surface area (Å²) >= 11 is 0. The molecule has 0 saturated heterocycles. The smallest absolute Gasteiger partial charge is 0.109 e. The Bertz CT molecular complexity index is 393. The molecular weight excluding hydrogens is 220 g/mol. The van der Waals surface area contributed by atoms with E-state index in [0.717, 1.165) is 0 Å². The van der Waals surface area contributed by atoms with Crippen LogP contribution >= 0.6 is 0 Å². The van der Waals surface area contributed by atoms with E-state index in [9.17, 15) is 10.2 Å². The lowest BCUT2D eigenvalue weighted by molar-refractivity contribution is 0.0171. The standard InChI is InChI=1S/C12H12N2O2.H2O/c15-11(9-1-5-13-6-2-9)12(16)10-3-7-14-8-4-10;/h1-8,11-12,15-16H;1H2. The largest absolute Gasteiger partial charge is 0.412 e. The number of hydrogen-bond donors (Lipinski definition) is 2. The van der Waals surface area contributed by atoms with Gasteiger partial charge in [0.2, 0.25) is 0 Å². The molecular formula is C12H14N2O3. The zero-order valence-corrected chi connectivity index (χ0v) is 9.06. The Balaban J connectivity index is 0.00000144. The first-order valence-corrected chi connectivity index (χ1v) is 4.95. The van der Waals surface area contributed by atoms with Crippen LogP contribution in [-0.2, 0) is 0 Å². The van der Waals surface area contributed by atoms with E-state index >= 15 is 0 Å². The summed E-state index contributed by atoms with van der Waals surface area (Å²) in [6.07, 6.45) is 4.42. The van der Waals surface area contributed by atoms with E-state index in [2.05, 4.69) is 9.97 Å². The second-order valence-electron chi connectivity index (χ2n) is 3.45. The maximum atomic E-state index is 9.94. The van der Waals surface area contributed by atoms with Gasteiger partial charge in [-0.3, -0.25) is 9.97 Å². The first-order chi connectivity index (χ1) is 7.79. The van der Waals surface area contributed by atoms with Crippen LogP contribution in [0.3, 0.4) is 0 Å². The molecule has 0 saturated carbocycles. The molecule has 4 N–H and O–H groups in total. The van der Waals surface area contributed by atoms with Gasteiger partial charge in [-0.15, -0.1) is 0 Å². The van der Waals surface area contributed by atoms with E-state index in [4.69, 9.17) is 0 Å². The SMILES string of the molecule is O.OC(c1ccncc1)C(O)c1ccncc1. The zero-order chi connectivity index (χ0) is 11.4. The van der Waals surface area contributed by atoms with E-state index in [1.165, 1.54) is 0 Å². The molecule has 0 aliphatic carbocycles. The Kier molecular flexibility index (Phi) is 4.71. The lowest BCUT2D eigenvalue weighted by Gasteiger charge is -2.17. The zero-order valence-electron chi connectivity index (χ0n) is 9.06. The second kappa shape index (κ2) is 6.05. The van der Waals surface area contributed by atoms with E-state index in [-0.39, 0.29) is 5.48 Å². The highest BCUT2D eigenvalue weighted by atomic mass is 16.3. The topological polar surface area (TPSA) is 97.7 Å². The van der Waals surface area contributed by atoms with Gasteiger partial charge < -0.3 is 15.7 Å². The fraction of sp³-hybridized carbons (Fsp3) is 0.167. The summed E-state index contributed by atoms with van der Waals surface area (Å²) in [6.45, 7) is 0. The number of aromatic nitrogens is 2. The van der Waals surface area contributed by atoms with Gasteiger partial charge in [0.1, 0.15) is 12.2 Å². The highest BCUT2D eigenvalue weighted by Gasteiger charge is 2.19. The highest BCUT2D eigenvalue weighted by molar-refractivity contribution is 5.21. The van der Waals surface area contributed by atoms with E-state index in [1.54, 1.807) is 49.1 Å². The van der Waals surface area contributed by atoms with Crippen molar-refractivity contribution in [3.05, 3.63) is 60.2 Å². The van der Waals surface area contributed by atoms with Crippen LogP contribution in [0.2, 0.25) is 0 Å². The fourth-order valence-electron chi connectivity index (χ4n) is 1.49. The van der Waals surface area contributed by atoms with Crippen molar-refractivity contribution in [2.75, 3.05) is 0 Å². The van der Waals surface area contributed by atoms with Crippen LogP contribution < -0.4 is 0 Å². The minimum absolute atomic E-state index is 0. The van der Waals surface area contributed by atoms with Gasteiger partial charge in [0.05, 0.1) is 0 Å². The molecule has 2 atom stereocenters. The van der Waals surface area contributed by atoms with Crippen molar-refractivity contribution in [3.8, 4) is 0 Å². The molecule has 2 heterocycles. The van der Waals surface area contributed by atoms with Crippen LogP contribution in [0.1, 0.15) is 23.3 Å². The molecule has 0 spiro atoms. The maximum Gasteiger partial charge on any atom is 0.109 e. The summed E-state index contributed by atoms with van der Waals surface area (Å²) in [6, 6.07) is 6.70. The summed E-state index contributed by atoms with van der Waals surface area (Å²) in [5.41, 5.74) is 1.28. The Hall–Kier alpha value is -1.82. The highest BCUT2D eigenvalue weighted by Crippen LogP contribution is 2.27. The number of pyridine rings is 2. The van der Waals surface area contributed by atoms with Crippen LogP contribution in [0, 0.1) is 0 Å². The van der Waals surface area contributed by atoms with Crippen molar-refractivity contribution in [1.29, 1.82) is 0 Å². The number of aliphatic hydroxyl groups is 2. The van der Waals surface area contributed by atoms with Gasteiger partial charge >= 0.3 is 0 Å². The quantitative estimate of drug-likeness (QED) is 0.804. The summed E-state index contributed by atoms with van der Waals surface area (Å²) in [5, 5.41) is 19.9. The van der Waals surface area contributed by atoms with Crippen molar-refractivity contribution in [1.82, 2.24) is 9.97 Å². The number of aliphatic hydroxyl groups excluding tert-OH is 2. The molecule has 0 bridgehead atoms. The predicted molar refractivity (Wildman–Crippen MR) is 62.0 cm³/mol. The lowest BCUT2D eigenvalue weighted by Crippen LogP contribution is -2.10. The monoisotopic (exact) mass is 234 g/mol. The Morgan fingerprint density at radius 2 is 1.00 bits per heavy atom. The molecule has 2 aromatic heterocycles. The normalized spacial score (nSPS) is 13.5. The van der Waals surface area contributed by atoms with Crippen LogP contribution in [-0.4, -0.2) is 25.7 Å². The number of hydrogen-bond acceptors (Lipinski definition) is 4. The van der Waals surface area contributed by atoms with Crippen molar-refractivity contribution in [2.24, 2.45) is 0 Å². The average Bonchev–Trinajstić information content (AvgIpc) is 2.39. The Morgan fingerprint density at radius 1 is 0.706 bits per heavy atom. The Labute approximate surface area is 98.7 Å². The summed E-state index contributed by atoms with van der Waals surface area (Å²) in [5.74, 6) is 0. The van der Waals surface area contributed by atoms with Crippen LogP contribution in [0.5, 0.6) is 0 Å². The summed E-state index contributed by atoms with van der Waals surface area (Å²) < 4.78 is 0. The molecule has 0 aromatic carbocycles. The molecule has 2 rings (SSSR count). The molecule has 0 fully saturated rings. The van der Waals surface area contributed by atoms with E-state index in [0.29, 0.717) is 11.1 Å². The molecule has 17 heavy (non-hydrogen) atoms. The van der Waals surface area contributed by atoms with Gasteiger partial charge in [-0.05, 0) is 35.4 Å². The molecule has 5 nitrogen and oxygen atoms in total. The minimum Gasteiger partial charge on any atom is -0.412 e. The first-order valence-electron chi connectivity index (χ1n) is 4.95. The predicted octanol–water partition coefficient (Wildman–Crippen LogP) is 0.419. The van der Waals surface area contributed by atoms with Gasteiger partial charge in [0.25, 0.3) is 0 Å². The van der Waals surface area contributed by atoms with Gasteiger partial charge in [-0.1, -0.05) is 0 Å². The molecule has 0 amide bonds. The van der Waals surface area contributed by atoms with E-state index in [1.807, 2.05) is 0 Å². The van der Waals surface area contributed by atoms with Crippen LogP contribution in [0.15, 0.2) is 49.1 Å². The van der Waals surface area contributed by atoms with Crippen molar-refractivity contribution in [2.45, 2.75) is 12.2 Å². The fourth-order valence-corrected chi connectivity index (χ4v) is 1.49. The summed E-state index contributed by atoms with van der Waals surface area (Å²) in [7, 11) is 0. The second-order valence-corrected chi connectivity index (χ2v) is 3.45. The molecule has 90 valence electrons. The van der Waals surface area contributed by atoms with Gasteiger partial charge in [-0.25, -0.2) is 0 Å². The molecule has 0 aliphatic heterocycles. The van der Waals surface area contributed by atoms with Crippen LogP contribution in [0.4, 0.5) is 0 Å². The third-order valence-electron chi connectivity index (χ3n) is 2.39. The lowest BCUT2D eigenvalue weighted by atomic mass is 10.0. The third-order valence-corrected chi connectivity index (χ3v) is 2.39.